The second kappa shape index (κ2) is 5.23. The van der Waals surface area contributed by atoms with E-state index in [0.717, 1.165) is 12.2 Å². The predicted octanol–water partition coefficient (Wildman–Crippen LogP) is 1.66. The molecule has 2 heterocycles. The first-order chi connectivity index (χ1) is 9.31. The van der Waals surface area contributed by atoms with Crippen LogP contribution in [0.1, 0.15) is 5.56 Å². The number of hydrogen-bond acceptors (Lipinski definition) is 5. The van der Waals surface area contributed by atoms with E-state index >= 15 is 0 Å². The van der Waals surface area contributed by atoms with E-state index in [2.05, 4.69) is 20.8 Å². The minimum absolute atomic E-state index is 0.0161. The summed E-state index contributed by atoms with van der Waals surface area (Å²) in [5, 5.41) is 13.2. The van der Waals surface area contributed by atoms with Crippen LogP contribution in [0, 0.1) is 0 Å². The quantitative estimate of drug-likeness (QED) is 0.894. The number of ether oxygens (including phenoxy) is 1. The van der Waals surface area contributed by atoms with Crippen LogP contribution in [0.15, 0.2) is 29.8 Å². The summed E-state index contributed by atoms with van der Waals surface area (Å²) in [6.07, 6.45) is 0.799. The van der Waals surface area contributed by atoms with Gasteiger partial charge in [-0.2, -0.15) is 0 Å². The Balaban J connectivity index is 1.48. The van der Waals surface area contributed by atoms with Gasteiger partial charge in [0.15, 0.2) is 0 Å². The molecule has 0 spiro atoms. The Kier molecular flexibility index (Phi) is 3.28. The molecular weight excluding hydrogens is 264 g/mol. The third kappa shape index (κ3) is 2.82. The standard InChI is InChI=1S/C12H12N4O2S/c17-11(15-12-16-14-7-19-12)13-6-9-5-8-3-1-2-4-10(8)18-9/h1-4,7,9H,5-6H2,(H2,13,15,16,17)/t9-/m1/s1. The highest BCUT2D eigenvalue weighted by Crippen LogP contribution is 2.27. The normalized spacial score (nSPS) is 16.5. The van der Waals surface area contributed by atoms with Crippen LogP contribution in [0.3, 0.4) is 0 Å². The van der Waals surface area contributed by atoms with E-state index in [4.69, 9.17) is 4.74 Å². The first-order valence-electron chi connectivity index (χ1n) is 5.87. The maximum absolute atomic E-state index is 11.6. The number of amides is 2. The summed E-state index contributed by atoms with van der Waals surface area (Å²) in [5.41, 5.74) is 2.74. The number of benzene rings is 1. The lowest BCUT2D eigenvalue weighted by atomic mass is 10.1. The molecule has 7 heteroatoms. The van der Waals surface area contributed by atoms with E-state index in [-0.39, 0.29) is 12.1 Å². The van der Waals surface area contributed by atoms with Gasteiger partial charge in [-0.3, -0.25) is 5.32 Å². The molecule has 0 fully saturated rings. The van der Waals surface area contributed by atoms with Gasteiger partial charge in [0.05, 0.1) is 6.54 Å². The van der Waals surface area contributed by atoms with Crippen molar-refractivity contribution in [2.45, 2.75) is 12.5 Å². The fourth-order valence-corrected chi connectivity index (χ4v) is 2.38. The molecule has 3 rings (SSSR count). The van der Waals surface area contributed by atoms with Crippen molar-refractivity contribution in [3.63, 3.8) is 0 Å². The van der Waals surface area contributed by atoms with Gasteiger partial charge in [0, 0.05) is 6.42 Å². The monoisotopic (exact) mass is 276 g/mol. The number of carbonyl (C=O) groups is 1. The van der Waals surface area contributed by atoms with Gasteiger partial charge < -0.3 is 10.1 Å². The third-order valence-electron chi connectivity index (χ3n) is 2.78. The van der Waals surface area contributed by atoms with Crippen molar-refractivity contribution in [1.29, 1.82) is 0 Å². The highest BCUT2D eigenvalue weighted by molar-refractivity contribution is 7.13. The van der Waals surface area contributed by atoms with Gasteiger partial charge in [-0.15, -0.1) is 10.2 Å². The molecule has 2 aromatic rings. The van der Waals surface area contributed by atoms with E-state index in [1.807, 2.05) is 24.3 Å². The molecule has 0 bridgehead atoms. The molecule has 1 aromatic heterocycles. The van der Waals surface area contributed by atoms with Gasteiger partial charge in [0.1, 0.15) is 17.4 Å². The third-order valence-corrected chi connectivity index (χ3v) is 3.39. The minimum Gasteiger partial charge on any atom is -0.488 e. The van der Waals surface area contributed by atoms with Gasteiger partial charge in [-0.1, -0.05) is 29.5 Å². The topological polar surface area (TPSA) is 76.1 Å². The second-order valence-corrected chi connectivity index (χ2v) is 4.96. The van der Waals surface area contributed by atoms with Crippen molar-refractivity contribution < 1.29 is 9.53 Å². The molecule has 2 N–H and O–H groups in total. The fourth-order valence-electron chi connectivity index (χ4n) is 1.94. The van der Waals surface area contributed by atoms with Crippen LogP contribution in [-0.4, -0.2) is 28.9 Å². The zero-order valence-corrected chi connectivity index (χ0v) is 10.8. The molecule has 1 atom stereocenters. The van der Waals surface area contributed by atoms with E-state index in [9.17, 15) is 4.79 Å². The number of nitrogens with zero attached hydrogens (tertiary/aromatic N) is 2. The SMILES string of the molecule is O=C(NC[C@H]1Cc2ccccc2O1)Nc1nncs1. The molecule has 19 heavy (non-hydrogen) atoms. The van der Waals surface area contributed by atoms with Crippen molar-refractivity contribution >= 4 is 22.5 Å². The molecule has 6 nitrogen and oxygen atoms in total. The predicted molar refractivity (Wildman–Crippen MR) is 71.5 cm³/mol. The Labute approximate surface area is 113 Å². The Hall–Kier alpha value is -2.15. The number of anilines is 1. The summed E-state index contributed by atoms with van der Waals surface area (Å²) in [5.74, 6) is 0.902. The summed E-state index contributed by atoms with van der Waals surface area (Å²) >= 11 is 1.27. The Morgan fingerprint density at radius 2 is 2.37 bits per heavy atom. The summed E-state index contributed by atoms with van der Waals surface area (Å²) < 4.78 is 5.72. The van der Waals surface area contributed by atoms with Crippen molar-refractivity contribution in [2.75, 3.05) is 11.9 Å². The molecule has 0 radical (unpaired) electrons. The van der Waals surface area contributed by atoms with Crippen molar-refractivity contribution in [3.8, 4) is 5.75 Å². The summed E-state index contributed by atoms with van der Waals surface area (Å²) in [6, 6.07) is 7.61. The highest BCUT2D eigenvalue weighted by Gasteiger charge is 2.22. The van der Waals surface area contributed by atoms with Gasteiger partial charge in [-0.05, 0) is 11.6 Å². The zero-order valence-electron chi connectivity index (χ0n) is 10.00. The fraction of sp³-hybridized carbons (Fsp3) is 0.250. The van der Waals surface area contributed by atoms with Crippen LogP contribution in [0.2, 0.25) is 0 Å². The minimum atomic E-state index is -0.295. The molecule has 0 saturated heterocycles. The largest absolute Gasteiger partial charge is 0.488 e. The molecule has 2 amide bonds. The van der Waals surface area contributed by atoms with E-state index in [1.165, 1.54) is 16.9 Å². The molecule has 98 valence electrons. The van der Waals surface area contributed by atoms with Crippen LogP contribution in [-0.2, 0) is 6.42 Å². The lowest BCUT2D eigenvalue weighted by molar-refractivity contribution is 0.219. The summed E-state index contributed by atoms with van der Waals surface area (Å²) in [7, 11) is 0. The number of hydrogen-bond donors (Lipinski definition) is 2. The summed E-state index contributed by atoms with van der Waals surface area (Å²) in [6.45, 7) is 0.458. The molecule has 0 saturated carbocycles. The number of para-hydroxylation sites is 1. The van der Waals surface area contributed by atoms with Crippen LogP contribution in [0.25, 0.3) is 0 Å². The molecule has 1 aliphatic heterocycles. The smallest absolute Gasteiger partial charge is 0.321 e. The van der Waals surface area contributed by atoms with Crippen LogP contribution in [0.4, 0.5) is 9.93 Å². The molecule has 1 aromatic carbocycles. The molecule has 1 aliphatic rings. The van der Waals surface area contributed by atoms with Crippen molar-refractivity contribution in [2.24, 2.45) is 0 Å². The van der Waals surface area contributed by atoms with Crippen molar-refractivity contribution in [1.82, 2.24) is 15.5 Å². The average molecular weight is 276 g/mol. The van der Waals surface area contributed by atoms with Gasteiger partial charge in [0.25, 0.3) is 0 Å². The maximum atomic E-state index is 11.6. The molecule has 0 unspecified atom stereocenters. The summed E-state index contributed by atoms with van der Waals surface area (Å²) in [4.78, 5) is 11.6. The van der Waals surface area contributed by atoms with Crippen LogP contribution < -0.4 is 15.4 Å². The number of fused-ring (bicyclic) bond motifs is 1. The zero-order chi connectivity index (χ0) is 13.1. The number of rotatable bonds is 3. The van der Waals surface area contributed by atoms with Crippen LogP contribution >= 0.6 is 11.3 Å². The van der Waals surface area contributed by atoms with E-state index in [0.29, 0.717) is 11.7 Å². The number of aromatic nitrogens is 2. The van der Waals surface area contributed by atoms with E-state index in [1.54, 1.807) is 5.51 Å². The van der Waals surface area contributed by atoms with E-state index < -0.39 is 0 Å². The van der Waals surface area contributed by atoms with Gasteiger partial charge >= 0.3 is 6.03 Å². The number of urea groups is 1. The second-order valence-electron chi connectivity index (χ2n) is 4.13. The Morgan fingerprint density at radius 3 is 3.16 bits per heavy atom. The Bertz CT molecular complexity index is 548. The first kappa shape index (κ1) is 11.9. The maximum Gasteiger partial charge on any atom is 0.321 e. The highest BCUT2D eigenvalue weighted by atomic mass is 32.1. The Morgan fingerprint density at radius 1 is 1.47 bits per heavy atom. The first-order valence-corrected chi connectivity index (χ1v) is 6.75. The molecule has 0 aliphatic carbocycles. The lowest BCUT2D eigenvalue weighted by Crippen LogP contribution is -2.37. The van der Waals surface area contributed by atoms with Crippen molar-refractivity contribution in [3.05, 3.63) is 35.3 Å². The van der Waals surface area contributed by atoms with Gasteiger partial charge in [0.2, 0.25) is 5.13 Å². The van der Waals surface area contributed by atoms with Gasteiger partial charge in [-0.25, -0.2) is 4.79 Å². The lowest BCUT2D eigenvalue weighted by Gasteiger charge is -2.11. The van der Waals surface area contributed by atoms with Crippen LogP contribution in [0.5, 0.6) is 5.75 Å². The molecular formula is C12H12N4O2S. The number of nitrogens with one attached hydrogen (secondary N) is 2. The average Bonchev–Trinajstić information content (AvgIpc) is 3.04. The number of carbonyl (C=O) groups excluding carboxylic acids is 1.